The van der Waals surface area contributed by atoms with Crippen molar-refractivity contribution in [1.29, 1.82) is 0 Å². The van der Waals surface area contributed by atoms with Gasteiger partial charge in [0.15, 0.2) is 0 Å². The van der Waals surface area contributed by atoms with Gasteiger partial charge in [0, 0.05) is 5.92 Å². The molecule has 0 aliphatic heterocycles. The van der Waals surface area contributed by atoms with Gasteiger partial charge in [0.05, 0.1) is 11.6 Å². The summed E-state index contributed by atoms with van der Waals surface area (Å²) in [6.45, 7) is 0. The summed E-state index contributed by atoms with van der Waals surface area (Å²) in [5, 5.41) is 0. The van der Waals surface area contributed by atoms with Crippen molar-refractivity contribution in [2.45, 2.75) is 37.5 Å². The van der Waals surface area contributed by atoms with E-state index >= 15 is 0 Å². The molecule has 0 unspecified atom stereocenters. The molecule has 1 N–H and O–H groups in total. The number of hydrogen-bond acceptors (Lipinski definition) is 2. The Morgan fingerprint density at radius 2 is 2.13 bits per heavy atom. The lowest BCUT2D eigenvalue weighted by molar-refractivity contribution is 0.680. The monoisotopic (exact) mass is 290 g/mol. The first kappa shape index (κ1) is 11.1. The van der Waals surface area contributed by atoms with Gasteiger partial charge in [-0.05, 0) is 28.8 Å². The van der Waals surface area contributed by atoms with Crippen LogP contribution < -0.4 is 5.56 Å². The van der Waals surface area contributed by atoms with Crippen LogP contribution in [-0.4, -0.2) is 9.97 Å². The predicted molar refractivity (Wildman–Crippen MR) is 63.3 cm³/mol. The molecule has 1 saturated carbocycles. The number of hydrogen-bond donors (Lipinski definition) is 1. The van der Waals surface area contributed by atoms with Crippen molar-refractivity contribution >= 4 is 27.5 Å². The summed E-state index contributed by atoms with van der Waals surface area (Å²) in [6, 6.07) is 0. The molecular formula is C10H12BrClN2O. The normalized spacial score (nSPS) is 17.2. The Morgan fingerprint density at radius 3 is 2.73 bits per heavy atom. The van der Waals surface area contributed by atoms with Crippen LogP contribution >= 0.6 is 27.5 Å². The molecular weight excluding hydrogens is 279 g/mol. The highest BCUT2D eigenvalue weighted by Gasteiger charge is 2.22. The minimum atomic E-state index is -0.123. The number of nitrogens with one attached hydrogen (secondary N) is 1. The van der Waals surface area contributed by atoms with Gasteiger partial charge in [0.25, 0.3) is 5.56 Å². The molecule has 15 heavy (non-hydrogen) atoms. The molecule has 3 nitrogen and oxygen atoms in total. The first-order valence-electron chi connectivity index (χ1n) is 5.07. The van der Waals surface area contributed by atoms with Gasteiger partial charge in [-0.3, -0.25) is 4.79 Å². The average molecular weight is 292 g/mol. The van der Waals surface area contributed by atoms with Crippen molar-refractivity contribution in [2.75, 3.05) is 0 Å². The lowest BCUT2D eigenvalue weighted by atomic mass is 10.0. The van der Waals surface area contributed by atoms with Gasteiger partial charge in [0.1, 0.15) is 10.3 Å². The maximum atomic E-state index is 11.6. The van der Waals surface area contributed by atoms with E-state index in [1.807, 2.05) is 0 Å². The molecule has 0 amide bonds. The van der Waals surface area contributed by atoms with Crippen LogP contribution in [-0.2, 0) is 5.88 Å². The molecule has 0 saturated heterocycles. The SMILES string of the molecule is O=c1[nH]c(CCl)nc(C2CCCC2)c1Br. The fourth-order valence-corrected chi connectivity index (χ4v) is 2.70. The number of rotatable bonds is 2. The number of halogens is 2. The summed E-state index contributed by atoms with van der Waals surface area (Å²) in [5.41, 5.74) is 0.759. The van der Waals surface area contributed by atoms with Crippen molar-refractivity contribution < 1.29 is 0 Å². The largest absolute Gasteiger partial charge is 0.309 e. The minimum absolute atomic E-state index is 0.123. The standard InChI is InChI=1S/C10H12BrClN2O/c11-8-9(6-3-1-2-4-6)13-7(5-12)14-10(8)15/h6H,1-5H2,(H,13,14,15). The van der Waals surface area contributed by atoms with Crippen molar-refractivity contribution in [3.8, 4) is 0 Å². The van der Waals surface area contributed by atoms with E-state index < -0.39 is 0 Å². The van der Waals surface area contributed by atoms with Crippen LogP contribution in [0.15, 0.2) is 9.27 Å². The summed E-state index contributed by atoms with van der Waals surface area (Å²) in [6.07, 6.45) is 4.69. The number of nitrogens with zero attached hydrogens (tertiary/aromatic N) is 1. The number of aromatic amines is 1. The molecule has 0 atom stereocenters. The molecule has 5 heteroatoms. The molecule has 0 bridgehead atoms. The van der Waals surface area contributed by atoms with Crippen molar-refractivity contribution in [3.05, 3.63) is 26.3 Å². The summed E-state index contributed by atoms with van der Waals surface area (Å²) in [4.78, 5) is 18.6. The molecule has 0 spiro atoms. The lowest BCUT2D eigenvalue weighted by Crippen LogP contribution is -2.16. The van der Waals surface area contributed by atoms with Gasteiger partial charge >= 0.3 is 0 Å². The van der Waals surface area contributed by atoms with E-state index in [9.17, 15) is 4.79 Å². The van der Waals surface area contributed by atoms with Gasteiger partial charge in [-0.25, -0.2) is 4.98 Å². The first-order valence-corrected chi connectivity index (χ1v) is 6.39. The summed E-state index contributed by atoms with van der Waals surface area (Å²) in [7, 11) is 0. The third-order valence-electron chi connectivity index (χ3n) is 2.81. The molecule has 1 heterocycles. The highest BCUT2D eigenvalue weighted by molar-refractivity contribution is 9.10. The van der Waals surface area contributed by atoms with Gasteiger partial charge < -0.3 is 4.98 Å². The van der Waals surface area contributed by atoms with Gasteiger partial charge in [-0.2, -0.15) is 0 Å². The Bertz CT molecular complexity index is 412. The first-order chi connectivity index (χ1) is 7.22. The van der Waals surface area contributed by atoms with Crippen LogP contribution in [0.1, 0.15) is 43.1 Å². The average Bonchev–Trinajstić information content (AvgIpc) is 2.75. The van der Waals surface area contributed by atoms with Crippen molar-refractivity contribution in [3.63, 3.8) is 0 Å². The predicted octanol–water partition coefficient (Wildman–Crippen LogP) is 2.93. The van der Waals surface area contributed by atoms with E-state index in [4.69, 9.17) is 11.6 Å². The van der Waals surface area contributed by atoms with Crippen LogP contribution in [0.3, 0.4) is 0 Å². The molecule has 2 rings (SSSR count). The molecule has 1 aliphatic carbocycles. The molecule has 1 fully saturated rings. The molecule has 1 aromatic rings. The zero-order valence-electron chi connectivity index (χ0n) is 8.22. The minimum Gasteiger partial charge on any atom is -0.309 e. The van der Waals surface area contributed by atoms with Crippen LogP contribution in [0.2, 0.25) is 0 Å². The fourth-order valence-electron chi connectivity index (χ4n) is 2.06. The summed E-state index contributed by atoms with van der Waals surface area (Å²) < 4.78 is 0.572. The van der Waals surface area contributed by atoms with E-state index in [1.54, 1.807) is 0 Å². The van der Waals surface area contributed by atoms with E-state index in [1.165, 1.54) is 12.8 Å². The molecule has 0 aromatic carbocycles. The highest BCUT2D eigenvalue weighted by Crippen LogP contribution is 2.35. The van der Waals surface area contributed by atoms with E-state index in [0.717, 1.165) is 18.5 Å². The third kappa shape index (κ3) is 2.26. The van der Waals surface area contributed by atoms with Gasteiger partial charge in [-0.1, -0.05) is 12.8 Å². The number of aromatic nitrogens is 2. The summed E-state index contributed by atoms with van der Waals surface area (Å²) >= 11 is 8.99. The second kappa shape index (κ2) is 4.66. The summed E-state index contributed by atoms with van der Waals surface area (Å²) in [5.74, 6) is 1.23. The zero-order valence-corrected chi connectivity index (χ0v) is 10.6. The lowest BCUT2D eigenvalue weighted by Gasteiger charge is -2.10. The molecule has 1 aromatic heterocycles. The van der Waals surface area contributed by atoms with Crippen LogP contribution in [0.4, 0.5) is 0 Å². The molecule has 0 radical (unpaired) electrons. The second-order valence-corrected chi connectivity index (χ2v) is 4.89. The van der Waals surface area contributed by atoms with Crippen LogP contribution in [0, 0.1) is 0 Å². The smallest absolute Gasteiger partial charge is 0.265 e. The fraction of sp³-hybridized carbons (Fsp3) is 0.600. The maximum Gasteiger partial charge on any atom is 0.265 e. The Kier molecular flexibility index (Phi) is 3.46. The van der Waals surface area contributed by atoms with E-state index in [-0.39, 0.29) is 11.4 Å². The third-order valence-corrected chi connectivity index (χ3v) is 3.83. The van der Waals surface area contributed by atoms with Gasteiger partial charge in [0.2, 0.25) is 0 Å². The van der Waals surface area contributed by atoms with Crippen LogP contribution in [0.25, 0.3) is 0 Å². The molecule has 82 valence electrons. The Morgan fingerprint density at radius 1 is 1.47 bits per heavy atom. The van der Waals surface area contributed by atoms with Gasteiger partial charge in [-0.15, -0.1) is 11.6 Å². The maximum absolute atomic E-state index is 11.6. The van der Waals surface area contributed by atoms with Crippen molar-refractivity contribution in [2.24, 2.45) is 0 Å². The number of alkyl halides is 1. The Labute approximate surface area is 101 Å². The second-order valence-electron chi connectivity index (χ2n) is 3.83. The highest BCUT2D eigenvalue weighted by atomic mass is 79.9. The van der Waals surface area contributed by atoms with E-state index in [2.05, 4.69) is 25.9 Å². The molecule has 1 aliphatic rings. The zero-order chi connectivity index (χ0) is 10.8. The Hall–Kier alpha value is -0.350. The quantitative estimate of drug-likeness (QED) is 0.852. The van der Waals surface area contributed by atoms with E-state index in [0.29, 0.717) is 16.2 Å². The topological polar surface area (TPSA) is 45.8 Å². The Balaban J connectivity index is 2.44. The number of H-pyrrole nitrogens is 1. The van der Waals surface area contributed by atoms with Crippen molar-refractivity contribution in [1.82, 2.24) is 9.97 Å². The van der Waals surface area contributed by atoms with Crippen LogP contribution in [0.5, 0.6) is 0 Å².